The maximum absolute atomic E-state index is 5.54. The second-order valence-electron chi connectivity index (χ2n) is 3.50. The third kappa shape index (κ3) is 2.27. The molecule has 2 heterocycles. The van der Waals surface area contributed by atoms with Crippen LogP contribution in [0.3, 0.4) is 0 Å². The second-order valence-corrected chi connectivity index (χ2v) is 3.50. The summed E-state index contributed by atoms with van der Waals surface area (Å²) >= 11 is 0. The zero-order valence-corrected chi connectivity index (χ0v) is 8.81. The number of rotatable bonds is 4. The van der Waals surface area contributed by atoms with Gasteiger partial charge in [-0.3, -0.25) is 0 Å². The van der Waals surface area contributed by atoms with E-state index in [0.29, 0.717) is 13.2 Å². The normalized spacial score (nSPS) is 10.8. The van der Waals surface area contributed by atoms with Crippen LogP contribution < -0.4 is 10.5 Å². The zero-order chi connectivity index (χ0) is 10.7. The van der Waals surface area contributed by atoms with Crippen LogP contribution in [0.2, 0.25) is 0 Å². The van der Waals surface area contributed by atoms with Gasteiger partial charge < -0.3 is 14.9 Å². The Balaban J connectivity index is 0.00000128. The number of hydrogen-bond donors (Lipinski definition) is 1. The van der Waals surface area contributed by atoms with Gasteiger partial charge in [0, 0.05) is 7.62 Å². The lowest BCUT2D eigenvalue weighted by Crippen LogP contribution is -2.06. The summed E-state index contributed by atoms with van der Waals surface area (Å²) in [5, 5.41) is 0. The largest absolute Gasteiger partial charge is 0.492 e. The summed E-state index contributed by atoms with van der Waals surface area (Å²) in [6.07, 6.45) is 4.79. The minimum Gasteiger partial charge on any atom is -0.492 e. The number of aromatic nitrogens is 2. The van der Waals surface area contributed by atoms with Crippen molar-refractivity contribution in [3.8, 4) is 5.75 Å². The highest BCUT2D eigenvalue weighted by Crippen LogP contribution is 2.13. The van der Waals surface area contributed by atoms with Gasteiger partial charge in [-0.25, -0.2) is 4.98 Å². The maximum atomic E-state index is 5.54. The van der Waals surface area contributed by atoms with E-state index in [2.05, 4.69) is 4.98 Å². The molecule has 0 saturated carbocycles. The van der Waals surface area contributed by atoms with Crippen molar-refractivity contribution in [2.24, 2.45) is 5.73 Å². The van der Waals surface area contributed by atoms with Crippen molar-refractivity contribution in [3.63, 3.8) is 0 Å². The Morgan fingerprint density at radius 2 is 2.33 bits per heavy atom. The number of nitrogens with two attached hydrogens (primary N) is 1. The van der Waals surface area contributed by atoms with Gasteiger partial charge in [0.2, 0.25) is 0 Å². The standard InChI is InChI=1S/C11H15N3O.H2/c1-9-7-14-8-10(15-6-2-5-12)3-4-11(14)13-9;/h3-4,7-8H,2,5-6,12H2,1H3;1H. The van der Waals surface area contributed by atoms with Gasteiger partial charge in [-0.2, -0.15) is 0 Å². The van der Waals surface area contributed by atoms with Crippen LogP contribution in [-0.4, -0.2) is 22.5 Å². The molecule has 2 aromatic rings. The Kier molecular flexibility index (Phi) is 2.87. The van der Waals surface area contributed by atoms with Crippen molar-refractivity contribution in [3.05, 3.63) is 30.2 Å². The number of pyridine rings is 1. The Morgan fingerprint density at radius 3 is 3.13 bits per heavy atom. The van der Waals surface area contributed by atoms with Gasteiger partial charge in [0.05, 0.1) is 18.5 Å². The molecule has 0 radical (unpaired) electrons. The fourth-order valence-corrected chi connectivity index (χ4v) is 1.46. The maximum Gasteiger partial charge on any atom is 0.137 e. The van der Waals surface area contributed by atoms with Crippen molar-refractivity contribution in [1.29, 1.82) is 0 Å². The first-order valence-corrected chi connectivity index (χ1v) is 5.08. The topological polar surface area (TPSA) is 52.5 Å². The van der Waals surface area contributed by atoms with Gasteiger partial charge in [0.15, 0.2) is 0 Å². The van der Waals surface area contributed by atoms with Gasteiger partial charge in [0.25, 0.3) is 0 Å². The summed E-state index contributed by atoms with van der Waals surface area (Å²) in [7, 11) is 0. The van der Waals surface area contributed by atoms with Crippen molar-refractivity contribution in [2.75, 3.05) is 13.2 Å². The average Bonchev–Trinajstić information content (AvgIpc) is 2.57. The van der Waals surface area contributed by atoms with E-state index in [1.807, 2.05) is 35.9 Å². The Bertz CT molecular complexity index is 455. The van der Waals surface area contributed by atoms with E-state index in [1.54, 1.807) is 0 Å². The quantitative estimate of drug-likeness (QED) is 0.775. The summed E-state index contributed by atoms with van der Waals surface area (Å²) in [5.41, 5.74) is 7.34. The van der Waals surface area contributed by atoms with Crippen molar-refractivity contribution in [1.82, 2.24) is 9.38 Å². The van der Waals surface area contributed by atoms with E-state index >= 15 is 0 Å². The molecule has 82 valence electrons. The van der Waals surface area contributed by atoms with Crippen LogP contribution in [-0.2, 0) is 0 Å². The molecule has 0 aromatic carbocycles. The first-order valence-electron chi connectivity index (χ1n) is 5.08. The molecular weight excluding hydrogens is 190 g/mol. The van der Waals surface area contributed by atoms with Gasteiger partial charge in [-0.1, -0.05) is 0 Å². The highest BCUT2D eigenvalue weighted by Gasteiger charge is 1.99. The Hall–Kier alpha value is -1.55. The van der Waals surface area contributed by atoms with Gasteiger partial charge in [-0.15, -0.1) is 0 Å². The van der Waals surface area contributed by atoms with Crippen LogP contribution in [0.4, 0.5) is 0 Å². The van der Waals surface area contributed by atoms with Crippen LogP contribution in [0.15, 0.2) is 24.5 Å². The third-order valence-electron chi connectivity index (χ3n) is 2.16. The molecule has 0 amide bonds. The van der Waals surface area contributed by atoms with Crippen LogP contribution in [0.5, 0.6) is 5.75 Å². The van der Waals surface area contributed by atoms with Crippen LogP contribution >= 0.6 is 0 Å². The van der Waals surface area contributed by atoms with Crippen LogP contribution in [0, 0.1) is 6.92 Å². The molecule has 4 nitrogen and oxygen atoms in total. The summed E-state index contributed by atoms with van der Waals surface area (Å²) in [6, 6.07) is 3.88. The van der Waals surface area contributed by atoms with Gasteiger partial charge in [-0.05, 0) is 32.0 Å². The lowest BCUT2D eigenvalue weighted by molar-refractivity contribution is 0.312. The molecule has 2 N–H and O–H groups in total. The summed E-state index contributed by atoms with van der Waals surface area (Å²) < 4.78 is 7.50. The highest BCUT2D eigenvalue weighted by atomic mass is 16.5. The third-order valence-corrected chi connectivity index (χ3v) is 2.16. The number of ether oxygens (including phenoxy) is 1. The van der Waals surface area contributed by atoms with E-state index < -0.39 is 0 Å². The van der Waals surface area contributed by atoms with Gasteiger partial charge in [0.1, 0.15) is 11.4 Å². The first kappa shape index (κ1) is 9.98. The molecule has 4 heteroatoms. The molecule has 0 aliphatic carbocycles. The summed E-state index contributed by atoms with van der Waals surface area (Å²) in [4.78, 5) is 4.34. The molecule has 15 heavy (non-hydrogen) atoms. The monoisotopic (exact) mass is 207 g/mol. The molecule has 0 aliphatic heterocycles. The van der Waals surface area contributed by atoms with Crippen molar-refractivity contribution >= 4 is 5.65 Å². The number of hydrogen-bond acceptors (Lipinski definition) is 3. The highest BCUT2D eigenvalue weighted by molar-refractivity contribution is 5.42. The average molecular weight is 207 g/mol. The predicted octanol–water partition coefficient (Wildman–Crippen LogP) is 1.62. The Morgan fingerprint density at radius 1 is 1.47 bits per heavy atom. The molecule has 0 saturated heterocycles. The summed E-state index contributed by atoms with van der Waals surface area (Å²) in [6.45, 7) is 3.30. The van der Waals surface area contributed by atoms with Crippen LogP contribution in [0.25, 0.3) is 5.65 Å². The smallest absolute Gasteiger partial charge is 0.137 e. The number of fused-ring (bicyclic) bond motifs is 1. The molecule has 0 bridgehead atoms. The van der Waals surface area contributed by atoms with Gasteiger partial charge >= 0.3 is 0 Å². The minimum atomic E-state index is 0. The van der Waals surface area contributed by atoms with E-state index in [-0.39, 0.29) is 1.43 Å². The zero-order valence-electron chi connectivity index (χ0n) is 8.81. The second kappa shape index (κ2) is 4.31. The lowest BCUT2D eigenvalue weighted by atomic mass is 10.4. The molecular formula is C11H17N3O. The van der Waals surface area contributed by atoms with Crippen molar-refractivity contribution in [2.45, 2.75) is 13.3 Å². The molecule has 2 aromatic heterocycles. The van der Waals surface area contributed by atoms with Crippen LogP contribution in [0.1, 0.15) is 13.5 Å². The number of nitrogens with zero attached hydrogens (tertiary/aromatic N) is 2. The number of imidazole rings is 1. The molecule has 0 atom stereocenters. The lowest BCUT2D eigenvalue weighted by Gasteiger charge is -2.05. The van der Waals surface area contributed by atoms with Crippen molar-refractivity contribution < 1.29 is 6.16 Å². The molecule has 0 unspecified atom stereocenters. The fourth-order valence-electron chi connectivity index (χ4n) is 1.46. The Labute approximate surface area is 90.2 Å². The predicted molar refractivity (Wildman–Crippen MR) is 61.2 cm³/mol. The molecule has 0 fully saturated rings. The number of aryl methyl sites for hydroxylation is 1. The first-order chi connectivity index (χ1) is 7.29. The molecule has 0 aliphatic rings. The molecule has 0 spiro atoms. The summed E-state index contributed by atoms with van der Waals surface area (Å²) in [5.74, 6) is 0.855. The van der Waals surface area contributed by atoms with E-state index in [1.165, 1.54) is 0 Å². The minimum absolute atomic E-state index is 0. The fraction of sp³-hybridized carbons (Fsp3) is 0.364. The molecule has 2 rings (SSSR count). The van der Waals surface area contributed by atoms with E-state index in [0.717, 1.165) is 23.5 Å². The SMILES string of the molecule is Cc1cn2cc(OCCCN)ccc2n1.[HH]. The van der Waals surface area contributed by atoms with E-state index in [4.69, 9.17) is 10.5 Å². The van der Waals surface area contributed by atoms with E-state index in [9.17, 15) is 0 Å².